The molecule has 0 aromatic heterocycles. The molecule has 0 heterocycles. The zero-order chi connectivity index (χ0) is 14.6. The molecule has 1 aliphatic carbocycles. The summed E-state index contributed by atoms with van der Waals surface area (Å²) in [4.78, 5) is 10.9. The number of anilines is 2. The van der Waals surface area contributed by atoms with Crippen molar-refractivity contribution in [3.05, 3.63) is 28.3 Å². The minimum Gasteiger partial charge on any atom is -0.394 e. The highest BCUT2D eigenvalue weighted by Gasteiger charge is 2.33. The Morgan fingerprint density at radius 2 is 1.95 bits per heavy atom. The van der Waals surface area contributed by atoms with Crippen LogP contribution in [0.15, 0.2) is 18.2 Å². The predicted molar refractivity (Wildman–Crippen MR) is 79.2 cm³/mol. The molecule has 1 aromatic carbocycles. The lowest BCUT2D eigenvalue weighted by atomic mass is 9.82. The summed E-state index contributed by atoms with van der Waals surface area (Å²) in [6.45, 7) is -0.00602. The fourth-order valence-corrected chi connectivity index (χ4v) is 2.88. The van der Waals surface area contributed by atoms with E-state index in [1.807, 2.05) is 0 Å². The van der Waals surface area contributed by atoms with Crippen LogP contribution < -0.4 is 10.6 Å². The molecule has 110 valence electrons. The number of aliphatic hydroxyl groups excluding tert-OH is 1. The fraction of sp³-hybridized carbons (Fsp3) is 0.571. The van der Waals surface area contributed by atoms with Crippen molar-refractivity contribution in [2.75, 3.05) is 24.3 Å². The lowest BCUT2D eigenvalue weighted by Gasteiger charge is -2.37. The van der Waals surface area contributed by atoms with Crippen LogP contribution in [-0.2, 0) is 0 Å². The lowest BCUT2D eigenvalue weighted by Crippen LogP contribution is -2.44. The number of para-hydroxylation sites is 1. The average molecular weight is 279 g/mol. The standard InChI is InChI=1S/C14H21N3O3/c1-15-11-6-5-7-12(13(11)17(19)20)16-14(10-18)8-3-2-4-9-14/h5-7,15-16,18H,2-4,8-10H2,1H3. The molecule has 0 spiro atoms. The lowest BCUT2D eigenvalue weighted by molar-refractivity contribution is -0.383. The maximum Gasteiger partial charge on any atom is 0.315 e. The summed E-state index contributed by atoms with van der Waals surface area (Å²) < 4.78 is 0. The van der Waals surface area contributed by atoms with Crippen LogP contribution in [0.3, 0.4) is 0 Å². The molecule has 0 atom stereocenters. The van der Waals surface area contributed by atoms with Gasteiger partial charge in [-0.3, -0.25) is 10.1 Å². The van der Waals surface area contributed by atoms with E-state index >= 15 is 0 Å². The van der Waals surface area contributed by atoms with Crippen LogP contribution in [0.25, 0.3) is 0 Å². The number of aliphatic hydroxyl groups is 1. The molecule has 6 nitrogen and oxygen atoms in total. The van der Waals surface area contributed by atoms with Crippen molar-refractivity contribution >= 4 is 17.1 Å². The van der Waals surface area contributed by atoms with Crippen molar-refractivity contribution < 1.29 is 10.0 Å². The first kappa shape index (κ1) is 14.6. The number of nitrogens with zero attached hydrogens (tertiary/aromatic N) is 1. The summed E-state index contributed by atoms with van der Waals surface area (Å²) >= 11 is 0. The third-order valence-corrected chi connectivity index (χ3v) is 4.00. The molecular formula is C14H21N3O3. The minimum atomic E-state index is -0.435. The molecule has 1 aliphatic rings. The Hall–Kier alpha value is -1.82. The first-order valence-corrected chi connectivity index (χ1v) is 6.96. The highest BCUT2D eigenvalue weighted by atomic mass is 16.6. The van der Waals surface area contributed by atoms with E-state index in [1.54, 1.807) is 25.2 Å². The summed E-state index contributed by atoms with van der Waals surface area (Å²) in [7, 11) is 1.66. The maximum atomic E-state index is 11.3. The Morgan fingerprint density at radius 1 is 1.30 bits per heavy atom. The Bertz CT molecular complexity index is 485. The fourth-order valence-electron chi connectivity index (χ4n) is 2.88. The molecule has 0 saturated heterocycles. The van der Waals surface area contributed by atoms with Gasteiger partial charge in [0.2, 0.25) is 0 Å². The van der Waals surface area contributed by atoms with Gasteiger partial charge in [0.1, 0.15) is 11.4 Å². The van der Waals surface area contributed by atoms with Crippen LogP contribution in [-0.4, -0.2) is 29.2 Å². The summed E-state index contributed by atoms with van der Waals surface area (Å²) in [5.41, 5.74) is 0.546. The maximum absolute atomic E-state index is 11.3. The number of hydrogen-bond acceptors (Lipinski definition) is 5. The monoisotopic (exact) mass is 279 g/mol. The van der Waals surface area contributed by atoms with Gasteiger partial charge in [-0.25, -0.2) is 0 Å². The summed E-state index contributed by atoms with van der Waals surface area (Å²) in [6.07, 6.45) is 4.90. The minimum absolute atomic E-state index is 0.00602. The molecule has 1 saturated carbocycles. The zero-order valence-electron chi connectivity index (χ0n) is 11.7. The number of benzene rings is 1. The normalized spacial score (nSPS) is 17.5. The summed E-state index contributed by atoms with van der Waals surface area (Å²) in [5.74, 6) is 0. The highest BCUT2D eigenvalue weighted by molar-refractivity contribution is 5.76. The topological polar surface area (TPSA) is 87.4 Å². The van der Waals surface area contributed by atoms with Gasteiger partial charge in [-0.2, -0.15) is 0 Å². The van der Waals surface area contributed by atoms with Gasteiger partial charge in [-0.15, -0.1) is 0 Å². The SMILES string of the molecule is CNc1cccc(NC2(CO)CCCCC2)c1[N+](=O)[O-]. The van der Waals surface area contributed by atoms with Crippen molar-refractivity contribution in [2.24, 2.45) is 0 Å². The van der Waals surface area contributed by atoms with E-state index in [0.717, 1.165) is 32.1 Å². The molecule has 0 unspecified atom stereocenters. The molecule has 20 heavy (non-hydrogen) atoms. The van der Waals surface area contributed by atoms with E-state index in [1.165, 1.54) is 0 Å². The highest BCUT2D eigenvalue weighted by Crippen LogP contribution is 2.38. The van der Waals surface area contributed by atoms with Crippen LogP contribution in [0.5, 0.6) is 0 Å². The second-order valence-electron chi connectivity index (χ2n) is 5.33. The Morgan fingerprint density at radius 3 is 2.50 bits per heavy atom. The van der Waals surface area contributed by atoms with Crippen LogP contribution in [0.4, 0.5) is 17.1 Å². The molecule has 1 fully saturated rings. The number of nitro benzene ring substituents is 1. The van der Waals surface area contributed by atoms with Crippen molar-refractivity contribution in [3.8, 4) is 0 Å². The van der Waals surface area contributed by atoms with E-state index in [4.69, 9.17) is 0 Å². The number of hydrogen-bond donors (Lipinski definition) is 3. The molecule has 2 rings (SSSR count). The third kappa shape index (κ3) is 2.85. The van der Waals surface area contributed by atoms with Crippen molar-refractivity contribution in [1.82, 2.24) is 0 Å². The number of nitro groups is 1. The van der Waals surface area contributed by atoms with Crippen LogP contribution >= 0.6 is 0 Å². The molecule has 6 heteroatoms. The quantitative estimate of drug-likeness (QED) is 0.570. The molecule has 0 radical (unpaired) electrons. The van der Waals surface area contributed by atoms with Crippen molar-refractivity contribution in [3.63, 3.8) is 0 Å². The molecule has 0 aliphatic heterocycles. The van der Waals surface area contributed by atoms with E-state index < -0.39 is 5.54 Å². The largest absolute Gasteiger partial charge is 0.394 e. The van der Waals surface area contributed by atoms with E-state index in [0.29, 0.717) is 11.4 Å². The Labute approximate surface area is 118 Å². The van der Waals surface area contributed by atoms with Gasteiger partial charge in [0.15, 0.2) is 0 Å². The van der Waals surface area contributed by atoms with E-state index in [2.05, 4.69) is 10.6 Å². The van der Waals surface area contributed by atoms with Gasteiger partial charge in [0.25, 0.3) is 0 Å². The van der Waals surface area contributed by atoms with Crippen molar-refractivity contribution in [2.45, 2.75) is 37.6 Å². The van der Waals surface area contributed by atoms with Crippen LogP contribution in [0.2, 0.25) is 0 Å². The second-order valence-corrected chi connectivity index (χ2v) is 5.33. The first-order chi connectivity index (χ1) is 9.62. The van der Waals surface area contributed by atoms with Crippen LogP contribution in [0.1, 0.15) is 32.1 Å². The van der Waals surface area contributed by atoms with Gasteiger partial charge in [-0.05, 0) is 25.0 Å². The number of nitrogens with one attached hydrogen (secondary N) is 2. The van der Waals surface area contributed by atoms with Gasteiger partial charge in [0, 0.05) is 7.05 Å². The van der Waals surface area contributed by atoms with Gasteiger partial charge >= 0.3 is 5.69 Å². The molecular weight excluding hydrogens is 258 g/mol. The molecule has 0 bridgehead atoms. The van der Waals surface area contributed by atoms with Crippen LogP contribution in [0, 0.1) is 10.1 Å². The average Bonchev–Trinajstić information content (AvgIpc) is 2.47. The Kier molecular flexibility index (Phi) is 4.44. The summed E-state index contributed by atoms with van der Waals surface area (Å²) in [5, 5.41) is 27.1. The zero-order valence-corrected chi connectivity index (χ0v) is 11.7. The van der Waals surface area contributed by atoms with E-state index in [-0.39, 0.29) is 17.2 Å². The Balaban J connectivity index is 2.34. The van der Waals surface area contributed by atoms with Crippen molar-refractivity contribution in [1.29, 1.82) is 0 Å². The number of rotatable bonds is 5. The summed E-state index contributed by atoms with van der Waals surface area (Å²) in [6, 6.07) is 5.15. The molecule has 0 amide bonds. The van der Waals surface area contributed by atoms with Gasteiger partial charge < -0.3 is 15.7 Å². The molecule has 1 aromatic rings. The smallest absolute Gasteiger partial charge is 0.315 e. The third-order valence-electron chi connectivity index (χ3n) is 4.00. The molecule has 3 N–H and O–H groups in total. The predicted octanol–water partition coefficient (Wildman–Crippen LogP) is 2.74. The van der Waals surface area contributed by atoms with Gasteiger partial charge in [-0.1, -0.05) is 25.3 Å². The second kappa shape index (κ2) is 6.09. The first-order valence-electron chi connectivity index (χ1n) is 6.96. The van der Waals surface area contributed by atoms with E-state index in [9.17, 15) is 15.2 Å². The van der Waals surface area contributed by atoms with Gasteiger partial charge in [0.05, 0.1) is 17.1 Å².